The monoisotopic (exact) mass is 412 g/mol. The number of carbonyl (C=O) groups is 1. The molecule has 152 valence electrons. The van der Waals surface area contributed by atoms with Crippen molar-refractivity contribution in [2.75, 3.05) is 13.2 Å². The number of benzene rings is 2. The molecule has 1 amide bonds. The van der Waals surface area contributed by atoms with E-state index >= 15 is 0 Å². The van der Waals surface area contributed by atoms with Crippen molar-refractivity contribution in [1.29, 1.82) is 0 Å². The molecule has 0 saturated carbocycles. The molecule has 0 aliphatic heterocycles. The van der Waals surface area contributed by atoms with E-state index < -0.39 is 35.1 Å². The van der Waals surface area contributed by atoms with Gasteiger partial charge in [0.05, 0.1) is 12.2 Å². The predicted molar refractivity (Wildman–Crippen MR) is 90.5 cm³/mol. The zero-order valence-electron chi connectivity index (χ0n) is 14.6. The van der Waals surface area contributed by atoms with E-state index in [-0.39, 0.29) is 18.8 Å². The van der Waals surface area contributed by atoms with Gasteiger partial charge in [-0.05, 0) is 48.5 Å². The molecular weight excluding hydrogens is 399 g/mol. The molecule has 2 aromatic carbocycles. The Morgan fingerprint density at radius 3 is 2.17 bits per heavy atom. The predicted octanol–water partition coefficient (Wildman–Crippen LogP) is 3.37. The van der Waals surface area contributed by atoms with Crippen molar-refractivity contribution in [3.05, 3.63) is 71.6 Å². The molecule has 0 aliphatic rings. The van der Waals surface area contributed by atoms with Gasteiger partial charge in [-0.2, -0.15) is 13.2 Å². The third-order valence-corrected chi connectivity index (χ3v) is 3.70. The molecule has 11 heteroatoms. The second-order valence-electron chi connectivity index (χ2n) is 5.73. The van der Waals surface area contributed by atoms with E-state index in [0.717, 1.165) is 24.3 Å². The van der Waals surface area contributed by atoms with Gasteiger partial charge < -0.3 is 10.1 Å². The lowest BCUT2D eigenvalue weighted by Crippen LogP contribution is -2.30. The van der Waals surface area contributed by atoms with Crippen LogP contribution in [0.1, 0.15) is 16.2 Å². The highest BCUT2D eigenvalue weighted by molar-refractivity contribution is 5.93. The molecule has 0 spiro atoms. The van der Waals surface area contributed by atoms with Crippen molar-refractivity contribution in [3.63, 3.8) is 0 Å². The fourth-order valence-corrected chi connectivity index (χ4v) is 2.40. The molecule has 0 bridgehead atoms. The number of amides is 1. The van der Waals surface area contributed by atoms with Gasteiger partial charge in [0, 0.05) is 0 Å². The lowest BCUT2D eigenvalue weighted by atomic mass is 10.2. The van der Waals surface area contributed by atoms with Gasteiger partial charge in [-0.25, -0.2) is 13.5 Å². The van der Waals surface area contributed by atoms with E-state index in [1.165, 1.54) is 24.3 Å². The standard InChI is InChI=1S/C18H13F5N4O2/c19-11-1-5-13(6-2-11)27-16(18(21,22)23)15(25-26-27)17(28)24-9-10-29-14-7-3-12(20)4-8-14/h1-8H,9-10H2,(H,24,28). The minimum absolute atomic E-state index is 0.0647. The van der Waals surface area contributed by atoms with Crippen molar-refractivity contribution < 1.29 is 31.5 Å². The Balaban J connectivity index is 1.71. The normalized spacial score (nSPS) is 11.3. The molecule has 0 aliphatic carbocycles. The van der Waals surface area contributed by atoms with Gasteiger partial charge >= 0.3 is 6.18 Å². The highest BCUT2D eigenvalue weighted by Crippen LogP contribution is 2.32. The second-order valence-corrected chi connectivity index (χ2v) is 5.73. The Kier molecular flexibility index (Phi) is 5.76. The molecule has 0 saturated heterocycles. The number of carbonyl (C=O) groups excluding carboxylic acids is 1. The van der Waals surface area contributed by atoms with E-state index in [2.05, 4.69) is 15.6 Å². The van der Waals surface area contributed by atoms with Gasteiger partial charge in [-0.15, -0.1) is 5.10 Å². The first-order valence-corrected chi connectivity index (χ1v) is 8.21. The maximum Gasteiger partial charge on any atom is 0.435 e. The molecular formula is C18H13F5N4O2. The molecule has 0 radical (unpaired) electrons. The summed E-state index contributed by atoms with van der Waals surface area (Å²) in [4.78, 5) is 12.2. The third kappa shape index (κ3) is 4.86. The van der Waals surface area contributed by atoms with Crippen LogP contribution in [0.5, 0.6) is 5.75 Å². The fourth-order valence-electron chi connectivity index (χ4n) is 2.40. The molecule has 6 nitrogen and oxygen atoms in total. The van der Waals surface area contributed by atoms with Gasteiger partial charge in [0.2, 0.25) is 0 Å². The number of alkyl halides is 3. The Morgan fingerprint density at radius 1 is 1.00 bits per heavy atom. The number of nitrogens with zero attached hydrogens (tertiary/aromatic N) is 3. The molecule has 1 N–H and O–H groups in total. The highest BCUT2D eigenvalue weighted by atomic mass is 19.4. The van der Waals surface area contributed by atoms with Crippen molar-refractivity contribution in [2.45, 2.75) is 6.18 Å². The van der Waals surface area contributed by atoms with Crippen LogP contribution in [0, 0.1) is 11.6 Å². The van der Waals surface area contributed by atoms with Gasteiger partial charge in [0.25, 0.3) is 5.91 Å². The van der Waals surface area contributed by atoms with E-state index in [1.807, 2.05) is 0 Å². The maximum atomic E-state index is 13.5. The van der Waals surface area contributed by atoms with Gasteiger partial charge in [0.1, 0.15) is 24.0 Å². The van der Waals surface area contributed by atoms with E-state index in [4.69, 9.17) is 4.74 Å². The number of rotatable bonds is 6. The third-order valence-electron chi connectivity index (χ3n) is 3.70. The molecule has 0 unspecified atom stereocenters. The molecule has 1 heterocycles. The van der Waals surface area contributed by atoms with Crippen LogP contribution in [0.25, 0.3) is 5.69 Å². The van der Waals surface area contributed by atoms with Crippen LogP contribution in [0.2, 0.25) is 0 Å². The van der Waals surface area contributed by atoms with Crippen LogP contribution >= 0.6 is 0 Å². The topological polar surface area (TPSA) is 69.0 Å². The van der Waals surface area contributed by atoms with Crippen molar-refractivity contribution in [2.24, 2.45) is 0 Å². The molecule has 3 rings (SSSR count). The van der Waals surface area contributed by atoms with E-state index in [9.17, 15) is 26.7 Å². The van der Waals surface area contributed by atoms with Crippen molar-refractivity contribution >= 4 is 5.91 Å². The number of ether oxygens (including phenoxy) is 1. The van der Waals surface area contributed by atoms with Crippen LogP contribution in [-0.4, -0.2) is 34.1 Å². The molecule has 29 heavy (non-hydrogen) atoms. The lowest BCUT2D eigenvalue weighted by molar-refractivity contribution is -0.143. The van der Waals surface area contributed by atoms with E-state index in [0.29, 0.717) is 10.4 Å². The lowest BCUT2D eigenvalue weighted by Gasteiger charge is -2.11. The summed E-state index contributed by atoms with van der Waals surface area (Å²) in [6.45, 7) is -0.193. The van der Waals surface area contributed by atoms with Crippen LogP contribution < -0.4 is 10.1 Å². The number of nitrogens with one attached hydrogen (secondary N) is 1. The summed E-state index contributed by atoms with van der Waals surface area (Å²) in [5.41, 5.74) is -2.42. The molecule has 1 aromatic heterocycles. The first kappa shape index (κ1) is 20.2. The van der Waals surface area contributed by atoms with Gasteiger partial charge in [-0.3, -0.25) is 4.79 Å². The Labute approximate surface area is 160 Å². The number of aromatic nitrogens is 3. The average molecular weight is 412 g/mol. The van der Waals surface area contributed by atoms with Gasteiger partial charge in [-0.1, -0.05) is 5.21 Å². The largest absolute Gasteiger partial charge is 0.492 e. The SMILES string of the molecule is O=C(NCCOc1ccc(F)cc1)c1nnn(-c2ccc(F)cc2)c1C(F)(F)F. The summed E-state index contributed by atoms with van der Waals surface area (Å²) in [6, 6.07) is 9.18. The summed E-state index contributed by atoms with van der Waals surface area (Å²) in [5, 5.41) is 8.97. The highest BCUT2D eigenvalue weighted by Gasteiger charge is 2.41. The van der Waals surface area contributed by atoms with Crippen LogP contribution in [0.4, 0.5) is 22.0 Å². The molecule has 3 aromatic rings. The summed E-state index contributed by atoms with van der Waals surface area (Å²) >= 11 is 0. The number of hydrogen-bond donors (Lipinski definition) is 1. The van der Waals surface area contributed by atoms with Crippen LogP contribution in [-0.2, 0) is 6.18 Å². The van der Waals surface area contributed by atoms with E-state index in [1.54, 1.807) is 0 Å². The van der Waals surface area contributed by atoms with Crippen LogP contribution in [0.15, 0.2) is 48.5 Å². The Morgan fingerprint density at radius 2 is 1.59 bits per heavy atom. The minimum Gasteiger partial charge on any atom is -0.492 e. The minimum atomic E-state index is -4.94. The first-order valence-electron chi connectivity index (χ1n) is 8.21. The molecule has 0 atom stereocenters. The maximum absolute atomic E-state index is 13.5. The van der Waals surface area contributed by atoms with Gasteiger partial charge in [0.15, 0.2) is 11.4 Å². The quantitative estimate of drug-likeness (QED) is 0.498. The molecule has 0 fully saturated rings. The Bertz CT molecular complexity index is 985. The number of halogens is 5. The Hall–Kier alpha value is -3.50. The second kappa shape index (κ2) is 8.25. The fraction of sp³-hybridized carbons (Fsp3) is 0.167. The van der Waals surface area contributed by atoms with Crippen molar-refractivity contribution in [1.82, 2.24) is 20.3 Å². The number of hydrogen-bond acceptors (Lipinski definition) is 4. The zero-order chi connectivity index (χ0) is 21.0. The van der Waals surface area contributed by atoms with Crippen LogP contribution in [0.3, 0.4) is 0 Å². The summed E-state index contributed by atoms with van der Waals surface area (Å²) in [7, 11) is 0. The average Bonchev–Trinajstić information content (AvgIpc) is 3.13. The summed E-state index contributed by atoms with van der Waals surface area (Å²) in [6.07, 6.45) is -4.94. The zero-order valence-corrected chi connectivity index (χ0v) is 14.6. The summed E-state index contributed by atoms with van der Waals surface area (Å²) in [5.74, 6) is -1.86. The first-order chi connectivity index (χ1) is 13.8. The smallest absolute Gasteiger partial charge is 0.435 e. The summed E-state index contributed by atoms with van der Waals surface area (Å²) < 4.78 is 72.0. The van der Waals surface area contributed by atoms with Crippen molar-refractivity contribution in [3.8, 4) is 11.4 Å².